The summed E-state index contributed by atoms with van der Waals surface area (Å²) in [7, 11) is 0. The summed E-state index contributed by atoms with van der Waals surface area (Å²) in [5, 5.41) is 8.60. The van der Waals surface area contributed by atoms with Crippen LogP contribution in [-0.2, 0) is 0 Å². The number of hydrogen-bond donors (Lipinski definition) is 3. The second-order valence-electron chi connectivity index (χ2n) is 6.79. The zero-order valence-corrected chi connectivity index (χ0v) is 17.8. The third-order valence-corrected chi connectivity index (χ3v) is 4.10. The Morgan fingerprint density at radius 3 is 2.41 bits per heavy atom. The number of hydrogen-bond acceptors (Lipinski definition) is 4. The van der Waals surface area contributed by atoms with E-state index in [1.54, 1.807) is 48.5 Å². The Hall–Kier alpha value is -2.93. The van der Waals surface area contributed by atoms with E-state index in [0.29, 0.717) is 29.1 Å². The molecule has 2 rings (SSSR count). The lowest BCUT2D eigenvalue weighted by molar-refractivity contribution is 0.0950. The monoisotopic (exact) mass is 413 g/mol. The van der Waals surface area contributed by atoms with Crippen molar-refractivity contribution in [1.82, 2.24) is 10.6 Å². The van der Waals surface area contributed by atoms with Gasteiger partial charge in [-0.2, -0.15) is 0 Å². The van der Waals surface area contributed by atoms with E-state index in [4.69, 9.17) is 17.0 Å². The number of benzene rings is 2. The van der Waals surface area contributed by atoms with Gasteiger partial charge in [0, 0.05) is 23.4 Å². The molecule has 0 heterocycles. The fourth-order valence-corrected chi connectivity index (χ4v) is 2.75. The first kappa shape index (κ1) is 22.4. The summed E-state index contributed by atoms with van der Waals surface area (Å²) in [4.78, 5) is 24.6. The maximum Gasteiger partial charge on any atom is 0.257 e. The highest BCUT2D eigenvalue weighted by Gasteiger charge is 2.11. The number of nitrogens with one attached hydrogen (secondary N) is 3. The van der Waals surface area contributed by atoms with Crippen LogP contribution in [0.3, 0.4) is 0 Å². The molecule has 2 aromatic rings. The lowest BCUT2D eigenvalue weighted by Crippen LogP contribution is -2.34. The number of carbonyl (C=O) groups is 2. The van der Waals surface area contributed by atoms with Crippen molar-refractivity contribution in [3.8, 4) is 5.75 Å². The van der Waals surface area contributed by atoms with Gasteiger partial charge < -0.3 is 15.4 Å². The van der Waals surface area contributed by atoms with Gasteiger partial charge in [0.15, 0.2) is 5.11 Å². The van der Waals surface area contributed by atoms with Crippen LogP contribution in [0.15, 0.2) is 48.5 Å². The van der Waals surface area contributed by atoms with Crippen molar-refractivity contribution < 1.29 is 14.3 Å². The van der Waals surface area contributed by atoms with E-state index in [2.05, 4.69) is 22.9 Å². The Balaban J connectivity index is 1.96. The minimum atomic E-state index is -0.342. The molecule has 0 aromatic heterocycles. The van der Waals surface area contributed by atoms with Gasteiger partial charge in [-0.25, -0.2) is 0 Å². The summed E-state index contributed by atoms with van der Waals surface area (Å²) in [5.41, 5.74) is 1.59. The minimum Gasteiger partial charge on any atom is -0.491 e. The van der Waals surface area contributed by atoms with E-state index in [-0.39, 0.29) is 23.0 Å². The molecule has 6 nitrogen and oxygen atoms in total. The molecule has 0 aliphatic carbocycles. The summed E-state index contributed by atoms with van der Waals surface area (Å²) in [6.45, 7) is 6.55. The zero-order valence-electron chi connectivity index (χ0n) is 17.0. The molecule has 0 spiro atoms. The standard InChI is InChI=1S/C22H27N3O3S/c1-4-5-12-23-20(26)16-8-6-10-18(13-16)24-22(29)25-21(27)17-9-7-11-19(14-17)28-15(2)3/h6-11,13-15H,4-5,12H2,1-3H3,(H,23,26)(H2,24,25,27,29). The summed E-state index contributed by atoms with van der Waals surface area (Å²) >= 11 is 5.23. The molecule has 0 aliphatic heterocycles. The molecule has 0 bridgehead atoms. The van der Waals surface area contributed by atoms with E-state index in [0.717, 1.165) is 12.8 Å². The molecule has 0 aliphatic rings. The van der Waals surface area contributed by atoms with E-state index >= 15 is 0 Å². The normalized spacial score (nSPS) is 10.3. The second-order valence-corrected chi connectivity index (χ2v) is 7.20. The summed E-state index contributed by atoms with van der Waals surface area (Å²) < 4.78 is 5.61. The minimum absolute atomic E-state index is 0.0162. The number of ether oxygens (including phenoxy) is 1. The molecule has 0 radical (unpaired) electrons. The van der Waals surface area contributed by atoms with Gasteiger partial charge in [-0.05, 0) is 68.9 Å². The third kappa shape index (κ3) is 7.54. The van der Waals surface area contributed by atoms with Gasteiger partial charge in [-0.15, -0.1) is 0 Å². The number of rotatable bonds is 8. The molecule has 0 fully saturated rings. The van der Waals surface area contributed by atoms with Crippen LogP contribution in [0.2, 0.25) is 0 Å². The fourth-order valence-electron chi connectivity index (χ4n) is 2.54. The molecular formula is C22H27N3O3S. The number of carbonyl (C=O) groups excluding carboxylic acids is 2. The van der Waals surface area contributed by atoms with Crippen molar-refractivity contribution in [2.45, 2.75) is 39.7 Å². The van der Waals surface area contributed by atoms with Gasteiger partial charge in [0.2, 0.25) is 0 Å². The van der Waals surface area contributed by atoms with E-state index in [1.165, 1.54) is 0 Å². The molecule has 3 N–H and O–H groups in total. The molecule has 7 heteroatoms. The summed E-state index contributed by atoms with van der Waals surface area (Å²) in [6.07, 6.45) is 1.97. The third-order valence-electron chi connectivity index (χ3n) is 3.89. The van der Waals surface area contributed by atoms with Gasteiger partial charge >= 0.3 is 0 Å². The SMILES string of the molecule is CCCCNC(=O)c1cccc(NC(=S)NC(=O)c2cccc(OC(C)C)c2)c1. The average Bonchev–Trinajstić information content (AvgIpc) is 2.68. The number of thiocarbonyl (C=S) groups is 1. The van der Waals surface area contributed by atoms with Crippen LogP contribution in [0, 0.1) is 0 Å². The summed E-state index contributed by atoms with van der Waals surface area (Å²) in [6, 6.07) is 13.9. The van der Waals surface area contributed by atoms with Crippen LogP contribution in [-0.4, -0.2) is 29.6 Å². The van der Waals surface area contributed by atoms with Crippen LogP contribution in [0.1, 0.15) is 54.3 Å². The maximum atomic E-state index is 12.4. The molecule has 154 valence electrons. The van der Waals surface area contributed by atoms with Gasteiger partial charge in [-0.1, -0.05) is 25.5 Å². The van der Waals surface area contributed by atoms with Crippen molar-refractivity contribution in [1.29, 1.82) is 0 Å². The van der Waals surface area contributed by atoms with Crippen LogP contribution in [0.4, 0.5) is 5.69 Å². The van der Waals surface area contributed by atoms with Gasteiger partial charge in [-0.3, -0.25) is 14.9 Å². The van der Waals surface area contributed by atoms with E-state index < -0.39 is 0 Å². The van der Waals surface area contributed by atoms with Crippen LogP contribution >= 0.6 is 12.2 Å². The average molecular weight is 414 g/mol. The van der Waals surface area contributed by atoms with Crippen molar-refractivity contribution in [2.24, 2.45) is 0 Å². The van der Waals surface area contributed by atoms with E-state index in [1.807, 2.05) is 13.8 Å². The summed E-state index contributed by atoms with van der Waals surface area (Å²) in [5.74, 6) is 0.137. The van der Waals surface area contributed by atoms with Crippen molar-refractivity contribution >= 4 is 34.8 Å². The van der Waals surface area contributed by atoms with Crippen molar-refractivity contribution in [2.75, 3.05) is 11.9 Å². The zero-order chi connectivity index (χ0) is 21.2. The topological polar surface area (TPSA) is 79.5 Å². The maximum absolute atomic E-state index is 12.4. The van der Waals surface area contributed by atoms with Crippen LogP contribution in [0.25, 0.3) is 0 Å². The first-order valence-corrected chi connectivity index (χ1v) is 10.1. The Morgan fingerprint density at radius 2 is 1.72 bits per heavy atom. The van der Waals surface area contributed by atoms with Gasteiger partial charge in [0.05, 0.1) is 6.10 Å². The lowest BCUT2D eigenvalue weighted by Gasteiger charge is -2.13. The fraction of sp³-hybridized carbons (Fsp3) is 0.318. The highest BCUT2D eigenvalue weighted by atomic mass is 32.1. The molecule has 2 amide bonds. The Labute approximate surface area is 177 Å². The smallest absolute Gasteiger partial charge is 0.257 e. The Kier molecular flexibility index (Phi) is 8.61. The molecule has 29 heavy (non-hydrogen) atoms. The number of amides is 2. The Bertz CT molecular complexity index is 868. The van der Waals surface area contributed by atoms with Crippen LogP contribution < -0.4 is 20.7 Å². The quantitative estimate of drug-likeness (QED) is 0.448. The largest absolute Gasteiger partial charge is 0.491 e. The number of unbranched alkanes of at least 4 members (excludes halogenated alkanes) is 1. The second kappa shape index (κ2) is 11.2. The Morgan fingerprint density at radius 1 is 1.03 bits per heavy atom. The first-order valence-electron chi connectivity index (χ1n) is 9.66. The van der Waals surface area contributed by atoms with Crippen LogP contribution in [0.5, 0.6) is 5.75 Å². The molecule has 0 atom stereocenters. The van der Waals surface area contributed by atoms with Crippen molar-refractivity contribution in [3.05, 3.63) is 59.7 Å². The lowest BCUT2D eigenvalue weighted by atomic mass is 10.2. The first-order chi connectivity index (χ1) is 13.9. The predicted molar refractivity (Wildman–Crippen MR) is 120 cm³/mol. The van der Waals surface area contributed by atoms with Gasteiger partial charge in [0.25, 0.3) is 11.8 Å². The van der Waals surface area contributed by atoms with Crippen molar-refractivity contribution in [3.63, 3.8) is 0 Å². The molecule has 0 saturated heterocycles. The van der Waals surface area contributed by atoms with Gasteiger partial charge in [0.1, 0.15) is 5.75 Å². The number of anilines is 1. The molecule has 2 aromatic carbocycles. The van der Waals surface area contributed by atoms with E-state index in [9.17, 15) is 9.59 Å². The molecular weight excluding hydrogens is 386 g/mol. The predicted octanol–water partition coefficient (Wildman–Crippen LogP) is 4.13. The molecule has 0 unspecified atom stereocenters. The highest BCUT2D eigenvalue weighted by Crippen LogP contribution is 2.15. The highest BCUT2D eigenvalue weighted by molar-refractivity contribution is 7.80. The molecule has 0 saturated carbocycles.